The van der Waals surface area contributed by atoms with E-state index in [9.17, 15) is 0 Å². The number of rotatable bonds is 8. The molecule has 0 radical (unpaired) electrons. The van der Waals surface area contributed by atoms with Gasteiger partial charge in [0.05, 0.1) is 19.8 Å². The Morgan fingerprint density at radius 1 is 1.05 bits per heavy atom. The average molecular weight is 279 g/mol. The van der Waals surface area contributed by atoms with Gasteiger partial charge in [-0.2, -0.15) is 0 Å². The van der Waals surface area contributed by atoms with Crippen LogP contribution < -0.4 is 15.2 Å². The fraction of sp³-hybridized carbons (Fsp3) is 0.625. The van der Waals surface area contributed by atoms with E-state index in [0.717, 1.165) is 24.3 Å². The summed E-state index contributed by atoms with van der Waals surface area (Å²) in [6, 6.07) is 7.69. The van der Waals surface area contributed by atoms with Crippen LogP contribution in [0.3, 0.4) is 0 Å². The van der Waals surface area contributed by atoms with Crippen molar-refractivity contribution in [1.82, 2.24) is 0 Å². The van der Waals surface area contributed by atoms with Crippen LogP contribution in [0.4, 0.5) is 0 Å². The maximum atomic E-state index is 6.23. The average Bonchev–Trinajstić information content (AvgIpc) is 2.88. The number of benzene rings is 1. The molecule has 0 unspecified atom stereocenters. The van der Waals surface area contributed by atoms with E-state index in [1.807, 2.05) is 31.2 Å². The molecule has 4 nitrogen and oxygen atoms in total. The second-order valence-corrected chi connectivity index (χ2v) is 5.35. The largest absolute Gasteiger partial charge is 0.490 e. The van der Waals surface area contributed by atoms with Crippen molar-refractivity contribution in [1.29, 1.82) is 0 Å². The topological polar surface area (TPSA) is 53.7 Å². The molecule has 0 saturated heterocycles. The first kappa shape index (κ1) is 15.1. The van der Waals surface area contributed by atoms with Crippen molar-refractivity contribution >= 4 is 0 Å². The van der Waals surface area contributed by atoms with Gasteiger partial charge in [0, 0.05) is 5.54 Å². The van der Waals surface area contributed by atoms with Gasteiger partial charge < -0.3 is 19.9 Å². The lowest BCUT2D eigenvalue weighted by Gasteiger charge is -2.23. The van der Waals surface area contributed by atoms with Crippen LogP contribution in [0.15, 0.2) is 24.3 Å². The Bertz CT molecular complexity index is 402. The molecule has 1 aliphatic carbocycles. The Morgan fingerprint density at radius 3 is 2.35 bits per heavy atom. The highest BCUT2D eigenvalue weighted by Gasteiger charge is 2.29. The first-order valence-corrected chi connectivity index (χ1v) is 7.45. The molecule has 20 heavy (non-hydrogen) atoms. The molecule has 1 saturated carbocycles. The molecule has 0 amide bonds. The van der Waals surface area contributed by atoms with Crippen LogP contribution in [-0.2, 0) is 4.74 Å². The maximum absolute atomic E-state index is 6.23. The monoisotopic (exact) mass is 279 g/mol. The van der Waals surface area contributed by atoms with Gasteiger partial charge in [0.25, 0.3) is 0 Å². The molecule has 2 N–H and O–H groups in total. The van der Waals surface area contributed by atoms with Crippen LogP contribution in [0.5, 0.6) is 11.5 Å². The van der Waals surface area contributed by atoms with Crippen LogP contribution in [0.2, 0.25) is 0 Å². The summed E-state index contributed by atoms with van der Waals surface area (Å²) in [4.78, 5) is 0. The molecule has 112 valence electrons. The zero-order valence-corrected chi connectivity index (χ0v) is 12.3. The third kappa shape index (κ3) is 4.39. The minimum absolute atomic E-state index is 0.108. The summed E-state index contributed by atoms with van der Waals surface area (Å²) in [6.07, 6.45) is 4.58. The molecule has 0 spiro atoms. The van der Waals surface area contributed by atoms with Gasteiger partial charge in [0.2, 0.25) is 0 Å². The molecule has 1 aliphatic rings. The van der Waals surface area contributed by atoms with Crippen molar-refractivity contribution in [2.24, 2.45) is 5.73 Å². The van der Waals surface area contributed by atoms with E-state index < -0.39 is 0 Å². The van der Waals surface area contributed by atoms with Crippen molar-refractivity contribution < 1.29 is 14.2 Å². The highest BCUT2D eigenvalue weighted by molar-refractivity contribution is 5.39. The van der Waals surface area contributed by atoms with Gasteiger partial charge in [-0.15, -0.1) is 0 Å². The molecule has 1 fully saturated rings. The van der Waals surface area contributed by atoms with Crippen LogP contribution in [-0.4, -0.2) is 32.0 Å². The second-order valence-electron chi connectivity index (χ2n) is 5.35. The standard InChI is InChI=1S/C16H25NO3/c1-2-19-14-7-3-4-8-15(14)20-12-11-18-13-16(17)9-5-6-10-16/h3-4,7-8H,2,5-6,9-13,17H2,1H3. The molecule has 4 heteroatoms. The second kappa shape index (κ2) is 7.50. The van der Waals surface area contributed by atoms with Crippen molar-refractivity contribution in [2.45, 2.75) is 38.1 Å². The molecule has 1 aromatic carbocycles. The van der Waals surface area contributed by atoms with Crippen LogP contribution in [0, 0.1) is 0 Å². The Kier molecular flexibility index (Phi) is 5.68. The molecule has 0 atom stereocenters. The van der Waals surface area contributed by atoms with Gasteiger partial charge >= 0.3 is 0 Å². The quantitative estimate of drug-likeness (QED) is 0.743. The van der Waals surface area contributed by atoms with Gasteiger partial charge in [-0.1, -0.05) is 25.0 Å². The van der Waals surface area contributed by atoms with E-state index in [1.165, 1.54) is 12.8 Å². The Morgan fingerprint density at radius 2 is 1.70 bits per heavy atom. The van der Waals surface area contributed by atoms with Crippen LogP contribution in [0.1, 0.15) is 32.6 Å². The van der Waals surface area contributed by atoms with Gasteiger partial charge in [-0.25, -0.2) is 0 Å². The predicted molar refractivity (Wildman–Crippen MR) is 79.3 cm³/mol. The Balaban J connectivity index is 1.68. The fourth-order valence-electron chi connectivity index (χ4n) is 2.55. The van der Waals surface area contributed by atoms with E-state index in [0.29, 0.717) is 26.4 Å². The summed E-state index contributed by atoms with van der Waals surface area (Å²) < 4.78 is 16.9. The summed E-state index contributed by atoms with van der Waals surface area (Å²) in [7, 11) is 0. The number of para-hydroxylation sites is 2. The van der Waals surface area contributed by atoms with Crippen molar-refractivity contribution in [2.75, 3.05) is 26.4 Å². The molecule has 0 heterocycles. The Labute approximate surface area is 121 Å². The lowest BCUT2D eigenvalue weighted by Crippen LogP contribution is -2.41. The number of ether oxygens (including phenoxy) is 3. The molecule has 0 bridgehead atoms. The van der Waals surface area contributed by atoms with Crippen LogP contribution in [0.25, 0.3) is 0 Å². The number of nitrogens with two attached hydrogens (primary N) is 1. The number of hydrogen-bond donors (Lipinski definition) is 1. The summed E-state index contributed by atoms with van der Waals surface area (Å²) >= 11 is 0. The normalized spacial score (nSPS) is 17.1. The van der Waals surface area contributed by atoms with Gasteiger partial charge in [-0.3, -0.25) is 0 Å². The van der Waals surface area contributed by atoms with E-state index in [1.54, 1.807) is 0 Å². The molecular weight excluding hydrogens is 254 g/mol. The maximum Gasteiger partial charge on any atom is 0.161 e. The summed E-state index contributed by atoms with van der Waals surface area (Å²) in [5.74, 6) is 1.54. The molecule has 2 rings (SSSR count). The third-order valence-corrected chi connectivity index (χ3v) is 3.62. The summed E-state index contributed by atoms with van der Waals surface area (Å²) in [5.41, 5.74) is 6.12. The van der Waals surface area contributed by atoms with Crippen LogP contribution >= 0.6 is 0 Å². The van der Waals surface area contributed by atoms with E-state index in [2.05, 4.69) is 0 Å². The van der Waals surface area contributed by atoms with E-state index >= 15 is 0 Å². The fourth-order valence-corrected chi connectivity index (χ4v) is 2.55. The van der Waals surface area contributed by atoms with Crippen molar-refractivity contribution in [3.63, 3.8) is 0 Å². The van der Waals surface area contributed by atoms with E-state index in [4.69, 9.17) is 19.9 Å². The molecular formula is C16H25NO3. The van der Waals surface area contributed by atoms with Crippen molar-refractivity contribution in [3.8, 4) is 11.5 Å². The zero-order valence-electron chi connectivity index (χ0n) is 12.3. The first-order valence-electron chi connectivity index (χ1n) is 7.45. The van der Waals surface area contributed by atoms with Gasteiger partial charge in [0.1, 0.15) is 6.61 Å². The molecule has 0 aliphatic heterocycles. The third-order valence-electron chi connectivity index (χ3n) is 3.62. The molecule has 0 aromatic heterocycles. The Hall–Kier alpha value is -1.26. The molecule has 1 aromatic rings. The highest BCUT2D eigenvalue weighted by atomic mass is 16.5. The lowest BCUT2D eigenvalue weighted by molar-refractivity contribution is 0.0636. The predicted octanol–water partition coefficient (Wildman–Crippen LogP) is 2.75. The minimum Gasteiger partial charge on any atom is -0.490 e. The van der Waals surface area contributed by atoms with E-state index in [-0.39, 0.29) is 5.54 Å². The SMILES string of the molecule is CCOc1ccccc1OCCOCC1(N)CCCC1. The van der Waals surface area contributed by atoms with Gasteiger partial charge in [-0.05, 0) is 31.9 Å². The summed E-state index contributed by atoms with van der Waals surface area (Å²) in [5, 5.41) is 0. The highest BCUT2D eigenvalue weighted by Crippen LogP contribution is 2.28. The first-order chi connectivity index (χ1) is 9.73. The van der Waals surface area contributed by atoms with Gasteiger partial charge in [0.15, 0.2) is 11.5 Å². The van der Waals surface area contributed by atoms with Crippen molar-refractivity contribution in [3.05, 3.63) is 24.3 Å². The summed E-state index contributed by atoms with van der Waals surface area (Å²) in [6.45, 7) is 4.29. The smallest absolute Gasteiger partial charge is 0.161 e. The zero-order chi connectivity index (χ0) is 14.3. The number of hydrogen-bond acceptors (Lipinski definition) is 4. The lowest BCUT2D eigenvalue weighted by atomic mass is 10.0. The minimum atomic E-state index is -0.108.